The Labute approximate surface area is 132 Å². The molecule has 1 saturated carbocycles. The summed E-state index contributed by atoms with van der Waals surface area (Å²) >= 11 is 1.21. The molecule has 1 heterocycles. The second-order valence-corrected chi connectivity index (χ2v) is 8.17. The van der Waals surface area contributed by atoms with E-state index in [4.69, 9.17) is 5.11 Å². The highest BCUT2D eigenvalue weighted by atomic mass is 32.2. The number of hydrogen-bond acceptors (Lipinski definition) is 4. The van der Waals surface area contributed by atoms with E-state index in [9.17, 15) is 13.2 Å². The first-order valence-electron chi connectivity index (χ1n) is 6.82. The number of hydrogen-bond donors (Lipinski definition) is 2. The Morgan fingerprint density at radius 3 is 2.64 bits per heavy atom. The molecule has 0 unspecified atom stereocenters. The molecule has 0 amide bonds. The second kappa shape index (κ2) is 5.40. The Hall–Kier alpha value is -1.86. The van der Waals surface area contributed by atoms with Gasteiger partial charge in [-0.2, -0.15) is 0 Å². The molecule has 22 heavy (non-hydrogen) atoms. The second-order valence-electron chi connectivity index (χ2n) is 5.38. The zero-order chi connectivity index (χ0) is 15.9. The van der Waals surface area contributed by atoms with Crippen molar-refractivity contribution in [2.24, 2.45) is 0 Å². The Morgan fingerprint density at radius 2 is 2.05 bits per heavy atom. The van der Waals surface area contributed by atoms with Crippen molar-refractivity contribution in [3.63, 3.8) is 0 Å². The van der Waals surface area contributed by atoms with Gasteiger partial charge >= 0.3 is 5.97 Å². The maximum Gasteiger partial charge on any atom is 0.335 e. The summed E-state index contributed by atoms with van der Waals surface area (Å²) in [5.41, 5.74) is 1.94. The first kappa shape index (κ1) is 15.1. The number of aryl methyl sites for hydroxylation is 1. The maximum atomic E-state index is 12.5. The van der Waals surface area contributed by atoms with Crippen molar-refractivity contribution < 1.29 is 18.3 Å². The summed E-state index contributed by atoms with van der Waals surface area (Å²) < 4.78 is 28.0. The van der Waals surface area contributed by atoms with Crippen molar-refractivity contribution in [3.05, 3.63) is 46.3 Å². The first-order valence-corrected chi connectivity index (χ1v) is 9.19. The minimum Gasteiger partial charge on any atom is -0.478 e. The summed E-state index contributed by atoms with van der Waals surface area (Å²) in [5, 5.41) is 10.8. The van der Waals surface area contributed by atoms with Crippen molar-refractivity contribution in [2.45, 2.75) is 29.9 Å². The van der Waals surface area contributed by atoms with Crippen LogP contribution in [-0.2, 0) is 10.0 Å². The fourth-order valence-corrected chi connectivity index (χ4v) is 4.97. The van der Waals surface area contributed by atoms with Crippen LogP contribution < -0.4 is 4.72 Å². The Kier molecular flexibility index (Phi) is 3.70. The van der Waals surface area contributed by atoms with Crippen LogP contribution in [0.25, 0.3) is 0 Å². The number of sulfonamides is 1. The summed E-state index contributed by atoms with van der Waals surface area (Å²) in [6.45, 7) is 1.64. The normalized spacial score (nSPS) is 14.8. The van der Waals surface area contributed by atoms with E-state index in [1.54, 1.807) is 12.3 Å². The van der Waals surface area contributed by atoms with Crippen LogP contribution in [-0.4, -0.2) is 19.5 Å². The number of aromatic carboxylic acids is 1. The number of carboxylic acids is 1. The molecule has 1 aliphatic rings. The van der Waals surface area contributed by atoms with Gasteiger partial charge in [-0.3, -0.25) is 4.72 Å². The van der Waals surface area contributed by atoms with Gasteiger partial charge in [-0.05, 0) is 66.5 Å². The summed E-state index contributed by atoms with van der Waals surface area (Å²) in [7, 11) is -3.63. The van der Waals surface area contributed by atoms with Gasteiger partial charge in [0.05, 0.1) is 5.56 Å². The lowest BCUT2D eigenvalue weighted by Gasteiger charge is -2.10. The third kappa shape index (κ3) is 2.86. The number of benzene rings is 1. The Bertz CT molecular complexity index is 835. The lowest BCUT2D eigenvalue weighted by atomic mass is 10.1. The molecular formula is C15H15NO4S2. The van der Waals surface area contributed by atoms with Gasteiger partial charge in [0.25, 0.3) is 10.0 Å². The maximum absolute atomic E-state index is 12.5. The van der Waals surface area contributed by atoms with Crippen LogP contribution in [0.2, 0.25) is 0 Å². The third-order valence-corrected chi connectivity index (χ3v) is 6.53. The quantitative estimate of drug-likeness (QED) is 0.875. The van der Waals surface area contributed by atoms with Crippen LogP contribution >= 0.6 is 11.3 Å². The van der Waals surface area contributed by atoms with E-state index in [0.717, 1.165) is 18.4 Å². The van der Waals surface area contributed by atoms with Crippen molar-refractivity contribution in [3.8, 4) is 0 Å². The Morgan fingerprint density at radius 1 is 1.32 bits per heavy atom. The van der Waals surface area contributed by atoms with E-state index in [-0.39, 0.29) is 5.56 Å². The van der Waals surface area contributed by atoms with Gasteiger partial charge in [-0.25, -0.2) is 13.2 Å². The summed E-state index contributed by atoms with van der Waals surface area (Å²) in [4.78, 5) is 11.0. The smallest absolute Gasteiger partial charge is 0.335 e. The topological polar surface area (TPSA) is 83.5 Å². The number of carboxylic acid groups (broad SMARTS) is 1. The molecule has 5 nitrogen and oxygen atoms in total. The van der Waals surface area contributed by atoms with Crippen LogP contribution in [0.15, 0.2) is 33.9 Å². The highest BCUT2D eigenvalue weighted by molar-refractivity contribution is 7.94. The molecule has 1 aliphatic carbocycles. The van der Waals surface area contributed by atoms with E-state index in [0.29, 0.717) is 21.4 Å². The summed E-state index contributed by atoms with van der Waals surface area (Å²) in [6, 6.07) is 6.28. The summed E-state index contributed by atoms with van der Waals surface area (Å²) in [6.07, 6.45) is 2.07. The van der Waals surface area contributed by atoms with Gasteiger partial charge in [-0.1, -0.05) is 0 Å². The van der Waals surface area contributed by atoms with E-state index >= 15 is 0 Å². The minimum absolute atomic E-state index is 0.165. The average molecular weight is 337 g/mol. The molecule has 2 aromatic rings. The summed E-state index contributed by atoms with van der Waals surface area (Å²) in [5.74, 6) is -0.671. The van der Waals surface area contributed by atoms with Crippen molar-refractivity contribution in [1.29, 1.82) is 0 Å². The van der Waals surface area contributed by atoms with Gasteiger partial charge < -0.3 is 5.11 Å². The van der Waals surface area contributed by atoms with Crippen LogP contribution in [0.1, 0.15) is 40.2 Å². The number of thiophene rings is 1. The molecule has 0 saturated heterocycles. The zero-order valence-electron chi connectivity index (χ0n) is 11.9. The molecule has 1 aromatic carbocycles. The molecule has 116 valence electrons. The fourth-order valence-electron chi connectivity index (χ4n) is 2.39. The van der Waals surface area contributed by atoms with Crippen molar-refractivity contribution in [1.82, 2.24) is 0 Å². The molecule has 7 heteroatoms. The third-order valence-electron chi connectivity index (χ3n) is 3.63. The highest BCUT2D eigenvalue weighted by Gasteiger charge is 2.31. The molecule has 0 atom stereocenters. The van der Waals surface area contributed by atoms with Crippen LogP contribution in [0.4, 0.5) is 5.69 Å². The van der Waals surface area contributed by atoms with Gasteiger partial charge in [0.2, 0.25) is 0 Å². The van der Waals surface area contributed by atoms with Gasteiger partial charge in [0.1, 0.15) is 4.21 Å². The van der Waals surface area contributed by atoms with E-state index < -0.39 is 16.0 Å². The fraction of sp³-hybridized carbons (Fsp3) is 0.267. The van der Waals surface area contributed by atoms with Crippen molar-refractivity contribution in [2.75, 3.05) is 4.72 Å². The molecule has 0 aliphatic heterocycles. The molecule has 0 spiro atoms. The monoisotopic (exact) mass is 337 g/mol. The standard InChI is InChI=1S/C15H15NO4S2/c1-9-8-11(4-5-12(9)14(17)18)16-22(19,20)15-13(6-7-21-15)10-2-3-10/h4-8,10,16H,2-3H2,1H3,(H,17,18). The largest absolute Gasteiger partial charge is 0.478 e. The SMILES string of the molecule is Cc1cc(NS(=O)(=O)c2sccc2C2CC2)ccc1C(=O)O. The molecule has 1 aromatic heterocycles. The molecular weight excluding hydrogens is 322 g/mol. The Balaban J connectivity index is 1.90. The van der Waals surface area contributed by atoms with Gasteiger partial charge in [0.15, 0.2) is 0 Å². The first-order chi connectivity index (χ1) is 10.4. The average Bonchev–Trinajstić information content (AvgIpc) is 3.14. The molecule has 0 bridgehead atoms. The molecule has 2 N–H and O–H groups in total. The van der Waals surface area contributed by atoms with Gasteiger partial charge in [0, 0.05) is 5.69 Å². The van der Waals surface area contributed by atoms with E-state index in [1.807, 2.05) is 6.07 Å². The number of carbonyl (C=O) groups is 1. The molecule has 1 fully saturated rings. The van der Waals surface area contributed by atoms with Crippen LogP contribution in [0, 0.1) is 6.92 Å². The predicted molar refractivity (Wildman–Crippen MR) is 85.2 cm³/mol. The van der Waals surface area contributed by atoms with Crippen LogP contribution in [0.3, 0.4) is 0 Å². The number of rotatable bonds is 5. The molecule has 3 rings (SSSR count). The van der Waals surface area contributed by atoms with Crippen LogP contribution in [0.5, 0.6) is 0 Å². The lowest BCUT2D eigenvalue weighted by Crippen LogP contribution is -2.13. The van der Waals surface area contributed by atoms with Gasteiger partial charge in [-0.15, -0.1) is 11.3 Å². The van der Waals surface area contributed by atoms with E-state index in [1.165, 1.54) is 29.5 Å². The predicted octanol–water partition coefficient (Wildman–Crippen LogP) is 3.43. The lowest BCUT2D eigenvalue weighted by molar-refractivity contribution is 0.0696. The zero-order valence-corrected chi connectivity index (χ0v) is 13.5. The molecule has 0 radical (unpaired) electrons. The van der Waals surface area contributed by atoms with Crippen molar-refractivity contribution >= 4 is 33.0 Å². The number of nitrogens with one attached hydrogen (secondary N) is 1. The number of anilines is 1. The minimum atomic E-state index is -3.63. The van der Waals surface area contributed by atoms with E-state index in [2.05, 4.69) is 4.72 Å². The highest BCUT2D eigenvalue weighted by Crippen LogP contribution is 2.44.